The lowest BCUT2D eigenvalue weighted by atomic mass is 9.94. The van der Waals surface area contributed by atoms with Crippen molar-refractivity contribution in [2.45, 2.75) is 25.3 Å². The second-order valence-corrected chi connectivity index (χ2v) is 4.74. The molecule has 1 aliphatic carbocycles. The molecule has 0 bridgehead atoms. The standard InChI is InChI=1S/C15H19NO2/c17-15(18)14(13-9-5-2-6-10-13)16-11-12-7-3-1-4-8-12/h1-3,5-6,9-10,12,14,16H,4,7-8,11H2,(H,17,18)/t12?,14-/m1/s1. The maximum atomic E-state index is 11.3. The van der Waals surface area contributed by atoms with E-state index in [0.29, 0.717) is 5.92 Å². The van der Waals surface area contributed by atoms with Gasteiger partial charge in [0.1, 0.15) is 6.04 Å². The number of benzene rings is 1. The summed E-state index contributed by atoms with van der Waals surface area (Å²) in [6.07, 6.45) is 7.69. The molecule has 3 nitrogen and oxygen atoms in total. The van der Waals surface area contributed by atoms with Crippen molar-refractivity contribution in [3.05, 3.63) is 48.0 Å². The highest BCUT2D eigenvalue weighted by Gasteiger charge is 2.20. The molecular formula is C15H19NO2. The molecule has 0 aromatic heterocycles. The van der Waals surface area contributed by atoms with Crippen LogP contribution in [0.4, 0.5) is 0 Å². The van der Waals surface area contributed by atoms with Crippen LogP contribution in [0.2, 0.25) is 0 Å². The van der Waals surface area contributed by atoms with Gasteiger partial charge in [0.2, 0.25) is 0 Å². The van der Waals surface area contributed by atoms with Crippen molar-refractivity contribution in [1.29, 1.82) is 0 Å². The summed E-state index contributed by atoms with van der Waals surface area (Å²) in [5.41, 5.74) is 0.816. The van der Waals surface area contributed by atoms with Crippen molar-refractivity contribution in [2.24, 2.45) is 5.92 Å². The Bertz CT molecular complexity index is 414. The molecule has 0 amide bonds. The number of hydrogen-bond donors (Lipinski definition) is 2. The van der Waals surface area contributed by atoms with E-state index in [1.807, 2.05) is 30.3 Å². The van der Waals surface area contributed by atoms with Gasteiger partial charge in [-0.15, -0.1) is 0 Å². The summed E-state index contributed by atoms with van der Waals surface area (Å²) in [6, 6.07) is 8.75. The Labute approximate surface area is 108 Å². The Morgan fingerprint density at radius 2 is 2.11 bits per heavy atom. The van der Waals surface area contributed by atoms with E-state index in [0.717, 1.165) is 31.4 Å². The van der Waals surface area contributed by atoms with Gasteiger partial charge in [-0.25, -0.2) is 0 Å². The number of carbonyl (C=O) groups is 1. The van der Waals surface area contributed by atoms with Crippen molar-refractivity contribution >= 4 is 5.97 Å². The van der Waals surface area contributed by atoms with E-state index in [-0.39, 0.29) is 0 Å². The van der Waals surface area contributed by atoms with Crippen LogP contribution >= 0.6 is 0 Å². The Hall–Kier alpha value is -1.61. The molecule has 3 heteroatoms. The zero-order valence-electron chi connectivity index (χ0n) is 10.4. The molecule has 0 radical (unpaired) electrons. The molecule has 2 rings (SSSR count). The average Bonchev–Trinajstić information content (AvgIpc) is 2.41. The zero-order chi connectivity index (χ0) is 12.8. The number of rotatable bonds is 5. The zero-order valence-corrected chi connectivity index (χ0v) is 10.4. The predicted molar refractivity (Wildman–Crippen MR) is 71.3 cm³/mol. The number of nitrogens with one attached hydrogen (secondary N) is 1. The minimum Gasteiger partial charge on any atom is -0.480 e. The first-order valence-corrected chi connectivity index (χ1v) is 6.43. The lowest BCUT2D eigenvalue weighted by molar-refractivity contribution is -0.139. The quantitative estimate of drug-likeness (QED) is 0.784. The highest BCUT2D eigenvalue weighted by Crippen LogP contribution is 2.19. The molecule has 2 atom stereocenters. The normalized spacial score (nSPS) is 20.6. The molecule has 0 aliphatic heterocycles. The molecule has 0 saturated heterocycles. The maximum absolute atomic E-state index is 11.3. The van der Waals surface area contributed by atoms with Gasteiger partial charge in [-0.3, -0.25) is 4.79 Å². The Kier molecular flexibility index (Phi) is 4.53. The van der Waals surface area contributed by atoms with Crippen LogP contribution in [0.5, 0.6) is 0 Å². The molecule has 0 heterocycles. The van der Waals surface area contributed by atoms with Crippen LogP contribution in [0.3, 0.4) is 0 Å². The van der Waals surface area contributed by atoms with Gasteiger partial charge in [0.05, 0.1) is 0 Å². The molecule has 0 fully saturated rings. The van der Waals surface area contributed by atoms with Gasteiger partial charge in [-0.2, -0.15) is 0 Å². The van der Waals surface area contributed by atoms with Gasteiger partial charge in [0.15, 0.2) is 0 Å². The largest absolute Gasteiger partial charge is 0.480 e. The van der Waals surface area contributed by atoms with Crippen molar-refractivity contribution in [3.8, 4) is 0 Å². The highest BCUT2D eigenvalue weighted by molar-refractivity contribution is 5.75. The van der Waals surface area contributed by atoms with Crippen molar-refractivity contribution in [2.75, 3.05) is 6.54 Å². The van der Waals surface area contributed by atoms with Gasteiger partial charge in [-0.1, -0.05) is 42.5 Å². The summed E-state index contributed by atoms with van der Waals surface area (Å²) < 4.78 is 0. The Morgan fingerprint density at radius 1 is 1.33 bits per heavy atom. The van der Waals surface area contributed by atoms with E-state index >= 15 is 0 Å². The van der Waals surface area contributed by atoms with E-state index in [1.54, 1.807) is 0 Å². The summed E-state index contributed by atoms with van der Waals surface area (Å²) in [7, 11) is 0. The van der Waals surface area contributed by atoms with Crippen molar-refractivity contribution in [3.63, 3.8) is 0 Å². The highest BCUT2D eigenvalue weighted by atomic mass is 16.4. The average molecular weight is 245 g/mol. The lowest BCUT2D eigenvalue weighted by Crippen LogP contribution is -2.32. The van der Waals surface area contributed by atoms with Gasteiger partial charge in [0.25, 0.3) is 0 Å². The molecule has 1 aliphatic rings. The monoisotopic (exact) mass is 245 g/mol. The second-order valence-electron chi connectivity index (χ2n) is 4.74. The molecule has 0 spiro atoms. The van der Waals surface area contributed by atoms with Crippen LogP contribution in [0.25, 0.3) is 0 Å². The number of allylic oxidation sites excluding steroid dienone is 2. The lowest BCUT2D eigenvalue weighted by Gasteiger charge is -2.21. The van der Waals surface area contributed by atoms with Crippen LogP contribution in [-0.2, 0) is 4.79 Å². The van der Waals surface area contributed by atoms with Gasteiger partial charge < -0.3 is 10.4 Å². The van der Waals surface area contributed by atoms with Crippen molar-refractivity contribution in [1.82, 2.24) is 5.32 Å². The summed E-state index contributed by atoms with van der Waals surface area (Å²) in [6.45, 7) is 0.760. The minimum absolute atomic E-state index is 0.556. The third-order valence-electron chi connectivity index (χ3n) is 3.37. The van der Waals surface area contributed by atoms with E-state index in [4.69, 9.17) is 0 Å². The minimum atomic E-state index is -0.812. The van der Waals surface area contributed by atoms with E-state index in [9.17, 15) is 9.90 Å². The molecule has 1 unspecified atom stereocenters. The fourth-order valence-corrected chi connectivity index (χ4v) is 2.32. The van der Waals surface area contributed by atoms with Crippen LogP contribution in [0.1, 0.15) is 30.9 Å². The van der Waals surface area contributed by atoms with Crippen LogP contribution in [-0.4, -0.2) is 17.6 Å². The van der Waals surface area contributed by atoms with Crippen LogP contribution < -0.4 is 5.32 Å². The van der Waals surface area contributed by atoms with E-state index < -0.39 is 12.0 Å². The topological polar surface area (TPSA) is 49.3 Å². The first-order valence-electron chi connectivity index (χ1n) is 6.43. The molecule has 0 saturated carbocycles. The smallest absolute Gasteiger partial charge is 0.325 e. The Balaban J connectivity index is 1.95. The predicted octanol–water partition coefficient (Wildman–Crippen LogP) is 2.76. The first kappa shape index (κ1) is 12.8. The van der Waals surface area contributed by atoms with E-state index in [2.05, 4.69) is 17.5 Å². The molecule has 96 valence electrons. The Morgan fingerprint density at radius 3 is 2.72 bits per heavy atom. The third kappa shape index (κ3) is 3.44. The fourth-order valence-electron chi connectivity index (χ4n) is 2.32. The molecule has 2 N–H and O–H groups in total. The summed E-state index contributed by atoms with van der Waals surface area (Å²) in [4.78, 5) is 11.3. The number of aliphatic carboxylic acids is 1. The molecule has 1 aromatic rings. The van der Waals surface area contributed by atoms with Gasteiger partial charge >= 0.3 is 5.97 Å². The van der Waals surface area contributed by atoms with Crippen molar-refractivity contribution < 1.29 is 9.90 Å². The van der Waals surface area contributed by atoms with Crippen LogP contribution in [0.15, 0.2) is 42.5 Å². The molecule has 18 heavy (non-hydrogen) atoms. The third-order valence-corrected chi connectivity index (χ3v) is 3.37. The summed E-state index contributed by atoms with van der Waals surface area (Å²) in [5.74, 6) is -0.256. The summed E-state index contributed by atoms with van der Waals surface area (Å²) >= 11 is 0. The van der Waals surface area contributed by atoms with E-state index in [1.165, 1.54) is 0 Å². The summed E-state index contributed by atoms with van der Waals surface area (Å²) in [5, 5.41) is 12.5. The first-order chi connectivity index (χ1) is 8.77. The number of carboxylic acids is 1. The SMILES string of the molecule is O=C(O)[C@H](NCC1CC=CCC1)c1ccccc1. The molecular weight excluding hydrogens is 226 g/mol. The second kappa shape index (κ2) is 6.36. The molecule has 1 aromatic carbocycles. The number of carboxylic acid groups (broad SMARTS) is 1. The van der Waals surface area contributed by atoms with Gasteiger partial charge in [0, 0.05) is 0 Å². The van der Waals surface area contributed by atoms with Gasteiger partial charge in [-0.05, 0) is 37.3 Å². The fraction of sp³-hybridized carbons (Fsp3) is 0.400. The maximum Gasteiger partial charge on any atom is 0.325 e. The number of hydrogen-bond acceptors (Lipinski definition) is 2. The van der Waals surface area contributed by atoms with Crippen LogP contribution in [0, 0.1) is 5.92 Å².